The van der Waals surface area contributed by atoms with Gasteiger partial charge in [0.25, 0.3) is 5.56 Å². The number of hydrogen-bond donors (Lipinski definition) is 1. The van der Waals surface area contributed by atoms with Crippen molar-refractivity contribution in [3.05, 3.63) is 46.4 Å². The lowest BCUT2D eigenvalue weighted by Crippen LogP contribution is -2.22. The minimum absolute atomic E-state index is 0.0684. The summed E-state index contributed by atoms with van der Waals surface area (Å²) >= 11 is 0. The molecule has 2 aromatic heterocycles. The smallest absolute Gasteiger partial charge is 0.255 e. The minimum Gasteiger partial charge on any atom is -0.492 e. The van der Waals surface area contributed by atoms with Crippen LogP contribution in [0.15, 0.2) is 35.3 Å². The average molecular weight is 284 g/mol. The lowest BCUT2D eigenvalue weighted by Gasteiger charge is -2.08. The van der Waals surface area contributed by atoms with E-state index in [2.05, 4.69) is 5.32 Å². The largest absolute Gasteiger partial charge is 0.492 e. The van der Waals surface area contributed by atoms with Crippen molar-refractivity contribution in [1.82, 2.24) is 9.72 Å². The zero-order valence-electron chi connectivity index (χ0n) is 12.0. The zero-order chi connectivity index (χ0) is 15.2. The fourth-order valence-corrected chi connectivity index (χ4v) is 2.05. The van der Waals surface area contributed by atoms with Crippen LogP contribution in [-0.2, 0) is 0 Å². The van der Waals surface area contributed by atoms with Gasteiger partial charge in [0.15, 0.2) is 13.7 Å². The molecular weight excluding hydrogens is 267 g/mol. The maximum atomic E-state index is 11.9. The molecule has 108 valence electrons. The molecule has 0 atom stereocenters. The Labute approximate surface area is 124 Å². The van der Waals surface area contributed by atoms with Crippen LogP contribution >= 0.6 is 0 Å². The number of unbranched alkanes of at least 4 members (excludes halogenated alkanes) is 1. The van der Waals surface area contributed by atoms with Crippen molar-refractivity contribution in [2.24, 2.45) is 0 Å². The molecule has 0 fully saturated rings. The Hall–Kier alpha value is -2.24. The highest BCUT2D eigenvalue weighted by atomic mass is 16.5. The van der Waals surface area contributed by atoms with Gasteiger partial charge >= 0.3 is 0 Å². The van der Waals surface area contributed by atoms with E-state index in [0.717, 1.165) is 23.9 Å². The molecule has 6 heteroatoms. The number of rotatable bonds is 6. The fraction of sp³-hybridized carbons (Fsp3) is 0.333. The van der Waals surface area contributed by atoms with Gasteiger partial charge in [0.05, 0.1) is 12.8 Å². The first-order chi connectivity index (χ1) is 10.1. The van der Waals surface area contributed by atoms with Gasteiger partial charge in [-0.1, -0.05) is 0 Å². The number of hydrogen-bond acceptors (Lipinski definition) is 3. The third kappa shape index (κ3) is 4.38. The average Bonchev–Trinajstić information content (AvgIpc) is 2.42. The minimum atomic E-state index is -0.514. The van der Waals surface area contributed by atoms with E-state index in [4.69, 9.17) is 12.6 Å². The van der Waals surface area contributed by atoms with Crippen molar-refractivity contribution >= 4 is 19.2 Å². The summed E-state index contributed by atoms with van der Waals surface area (Å²) in [6, 6.07) is 7.24. The maximum absolute atomic E-state index is 11.9. The molecule has 0 spiro atoms. The molecule has 1 N–H and O–H groups in total. The fourth-order valence-electron chi connectivity index (χ4n) is 2.05. The number of fused-ring (bicyclic) bond motifs is 1. The lowest BCUT2D eigenvalue weighted by atomic mass is 10.1. The summed E-state index contributed by atoms with van der Waals surface area (Å²) in [5, 5.41) is 2.52. The van der Waals surface area contributed by atoms with Crippen molar-refractivity contribution < 1.29 is 9.53 Å². The van der Waals surface area contributed by atoms with E-state index >= 15 is 0 Å². The van der Waals surface area contributed by atoms with Crippen LogP contribution in [0.1, 0.15) is 18.4 Å². The number of aryl methyl sites for hydroxylation is 1. The van der Waals surface area contributed by atoms with Gasteiger partial charge in [-0.05, 0) is 43.5 Å². The van der Waals surface area contributed by atoms with E-state index in [1.807, 2.05) is 25.1 Å². The molecule has 2 aromatic rings. The van der Waals surface area contributed by atoms with Crippen LogP contribution in [0.5, 0.6) is 5.75 Å². The second kappa shape index (κ2) is 6.97. The summed E-state index contributed by atoms with van der Waals surface area (Å²) in [5.74, 6) is 0.136. The summed E-state index contributed by atoms with van der Waals surface area (Å²) in [6.07, 6.45) is 3.27. The van der Waals surface area contributed by atoms with Crippen LogP contribution < -0.4 is 15.6 Å². The van der Waals surface area contributed by atoms with Crippen LogP contribution in [0, 0.1) is 6.92 Å². The molecule has 0 aliphatic heterocycles. The molecule has 1 amide bonds. The molecule has 0 saturated carbocycles. The molecule has 2 rings (SSSR count). The van der Waals surface area contributed by atoms with Gasteiger partial charge in [-0.25, -0.2) is 0 Å². The van der Waals surface area contributed by atoms with Gasteiger partial charge in [0.1, 0.15) is 5.75 Å². The van der Waals surface area contributed by atoms with E-state index in [1.165, 1.54) is 0 Å². The lowest BCUT2D eigenvalue weighted by molar-refractivity contribution is 0.258. The second-order valence-electron chi connectivity index (χ2n) is 4.88. The molecule has 5 nitrogen and oxygen atoms in total. The quantitative estimate of drug-likeness (QED) is 0.648. The first-order valence-corrected chi connectivity index (χ1v) is 6.85. The van der Waals surface area contributed by atoms with Crippen molar-refractivity contribution in [2.45, 2.75) is 19.8 Å². The Morgan fingerprint density at radius 2 is 2.14 bits per heavy atom. The van der Waals surface area contributed by atoms with E-state index in [0.29, 0.717) is 18.9 Å². The monoisotopic (exact) mass is 284 g/mol. The van der Waals surface area contributed by atoms with Crippen molar-refractivity contribution in [3.8, 4) is 5.75 Å². The first-order valence-electron chi connectivity index (χ1n) is 6.85. The van der Waals surface area contributed by atoms with Crippen LogP contribution in [0.2, 0.25) is 0 Å². The van der Waals surface area contributed by atoms with Crippen LogP contribution in [0.4, 0.5) is 4.79 Å². The number of aromatic nitrogens is 1. The van der Waals surface area contributed by atoms with Crippen LogP contribution in [0.25, 0.3) is 5.52 Å². The normalized spacial score (nSPS) is 10.5. The zero-order valence-corrected chi connectivity index (χ0v) is 12.0. The van der Waals surface area contributed by atoms with E-state index in [-0.39, 0.29) is 5.56 Å². The second-order valence-corrected chi connectivity index (χ2v) is 4.88. The standard InChI is InChI=1S/C15H17BN2O3/c1-11-8-12-4-5-13(10-18(12)14(19)9-11)21-7-3-2-6-17-15(16)20/h4-5,8-10H,2-3,6-7H2,1H3,(H,17,20). The number of amides is 1. The van der Waals surface area contributed by atoms with Crippen LogP contribution in [-0.4, -0.2) is 31.2 Å². The number of carbonyl (C=O) groups is 1. The Morgan fingerprint density at radius 1 is 1.33 bits per heavy atom. The van der Waals surface area contributed by atoms with E-state index in [1.54, 1.807) is 16.7 Å². The number of carbonyl (C=O) groups excluding carboxylic acids is 1. The van der Waals surface area contributed by atoms with Crippen molar-refractivity contribution in [2.75, 3.05) is 13.2 Å². The predicted octanol–water partition coefficient (Wildman–Crippen LogP) is 1.65. The third-order valence-electron chi connectivity index (χ3n) is 3.06. The summed E-state index contributed by atoms with van der Waals surface area (Å²) in [5.41, 5.74) is 1.72. The Bertz CT molecular complexity index is 697. The first kappa shape index (κ1) is 15.2. The molecule has 21 heavy (non-hydrogen) atoms. The van der Waals surface area contributed by atoms with Gasteiger partial charge in [-0.2, -0.15) is 0 Å². The summed E-state index contributed by atoms with van der Waals surface area (Å²) < 4.78 is 7.17. The van der Waals surface area contributed by atoms with Gasteiger partial charge in [0.2, 0.25) is 0 Å². The van der Waals surface area contributed by atoms with Gasteiger partial charge in [-0.15, -0.1) is 0 Å². The van der Waals surface area contributed by atoms with E-state index < -0.39 is 5.81 Å². The molecule has 2 radical (unpaired) electrons. The van der Waals surface area contributed by atoms with Gasteiger partial charge in [-0.3, -0.25) is 14.0 Å². The summed E-state index contributed by atoms with van der Waals surface area (Å²) in [6.45, 7) is 2.95. The van der Waals surface area contributed by atoms with Crippen molar-refractivity contribution in [1.29, 1.82) is 0 Å². The number of nitrogens with one attached hydrogen (secondary N) is 1. The Morgan fingerprint density at radius 3 is 2.90 bits per heavy atom. The molecule has 0 saturated heterocycles. The Kier molecular flexibility index (Phi) is 5.03. The van der Waals surface area contributed by atoms with Gasteiger partial charge in [0, 0.05) is 18.1 Å². The summed E-state index contributed by atoms with van der Waals surface area (Å²) in [7, 11) is 4.96. The number of ether oxygens (including phenoxy) is 1. The molecule has 2 heterocycles. The highest BCUT2D eigenvalue weighted by Gasteiger charge is 2.00. The third-order valence-corrected chi connectivity index (χ3v) is 3.06. The SMILES string of the molecule is [B]C(=O)NCCCCOc1ccc2cc(C)cc(=O)n2c1. The van der Waals surface area contributed by atoms with Gasteiger partial charge < -0.3 is 10.1 Å². The number of pyridine rings is 2. The van der Waals surface area contributed by atoms with Crippen molar-refractivity contribution in [3.63, 3.8) is 0 Å². The Balaban J connectivity index is 1.91. The maximum Gasteiger partial charge on any atom is 0.255 e. The predicted molar refractivity (Wildman–Crippen MR) is 82.3 cm³/mol. The van der Waals surface area contributed by atoms with Crippen LogP contribution in [0.3, 0.4) is 0 Å². The number of nitrogens with zero attached hydrogens (tertiary/aromatic N) is 1. The highest BCUT2D eigenvalue weighted by Crippen LogP contribution is 2.13. The molecule has 0 unspecified atom stereocenters. The van der Waals surface area contributed by atoms with E-state index in [9.17, 15) is 9.59 Å². The molecule has 0 aliphatic rings. The molecule has 0 aliphatic carbocycles. The molecular formula is C15H17BN2O3. The molecule has 0 bridgehead atoms. The summed E-state index contributed by atoms with van der Waals surface area (Å²) in [4.78, 5) is 22.4. The topological polar surface area (TPSA) is 59.8 Å². The molecule has 0 aromatic carbocycles. The highest BCUT2D eigenvalue weighted by molar-refractivity contribution is 6.57.